The van der Waals surface area contributed by atoms with Gasteiger partial charge in [-0.3, -0.25) is 4.98 Å². The lowest BCUT2D eigenvalue weighted by molar-refractivity contribution is 0.885. The van der Waals surface area contributed by atoms with Crippen molar-refractivity contribution >= 4 is 11.4 Å². The monoisotopic (exact) mass is 227 g/mol. The molecular formula is C14H17N3. The molecule has 0 saturated carbocycles. The summed E-state index contributed by atoms with van der Waals surface area (Å²) in [5, 5.41) is 3.11. The van der Waals surface area contributed by atoms with E-state index in [4.69, 9.17) is 0 Å². The van der Waals surface area contributed by atoms with Gasteiger partial charge in [-0.2, -0.15) is 0 Å². The summed E-state index contributed by atoms with van der Waals surface area (Å²) < 4.78 is 0. The third-order valence-corrected chi connectivity index (χ3v) is 2.72. The fourth-order valence-corrected chi connectivity index (χ4v) is 1.71. The first-order chi connectivity index (χ1) is 8.29. The number of benzene rings is 1. The number of aromatic nitrogens is 1. The van der Waals surface area contributed by atoms with Crippen LogP contribution < -0.4 is 10.2 Å². The SMILES string of the molecule is CNc1ccc(N(C)Cc2ccccn2)cc1. The Morgan fingerprint density at radius 3 is 2.47 bits per heavy atom. The van der Waals surface area contributed by atoms with Gasteiger partial charge in [-0.1, -0.05) is 6.07 Å². The first-order valence-corrected chi connectivity index (χ1v) is 5.68. The Kier molecular flexibility index (Phi) is 3.60. The minimum atomic E-state index is 0.819. The van der Waals surface area contributed by atoms with E-state index in [1.54, 1.807) is 0 Å². The van der Waals surface area contributed by atoms with E-state index < -0.39 is 0 Å². The number of pyridine rings is 1. The predicted molar refractivity (Wildman–Crippen MR) is 72.3 cm³/mol. The lowest BCUT2D eigenvalue weighted by atomic mass is 10.2. The quantitative estimate of drug-likeness (QED) is 0.870. The minimum Gasteiger partial charge on any atom is -0.388 e. The van der Waals surface area contributed by atoms with Gasteiger partial charge >= 0.3 is 0 Å². The number of hydrogen-bond donors (Lipinski definition) is 1. The maximum absolute atomic E-state index is 4.32. The molecule has 0 atom stereocenters. The molecule has 0 aliphatic heterocycles. The Hall–Kier alpha value is -2.03. The Morgan fingerprint density at radius 2 is 1.88 bits per heavy atom. The number of anilines is 2. The Balaban J connectivity index is 2.06. The molecule has 2 aromatic rings. The Bertz CT molecular complexity index is 451. The highest BCUT2D eigenvalue weighted by Crippen LogP contribution is 2.17. The van der Waals surface area contributed by atoms with Crippen LogP contribution in [-0.2, 0) is 6.54 Å². The smallest absolute Gasteiger partial charge is 0.0598 e. The predicted octanol–water partition coefficient (Wildman–Crippen LogP) is 2.76. The molecule has 1 aromatic carbocycles. The molecule has 1 N–H and O–H groups in total. The molecule has 88 valence electrons. The topological polar surface area (TPSA) is 28.2 Å². The van der Waals surface area contributed by atoms with Crippen LogP contribution in [0.5, 0.6) is 0 Å². The van der Waals surface area contributed by atoms with Crippen LogP contribution in [0.3, 0.4) is 0 Å². The molecule has 3 nitrogen and oxygen atoms in total. The normalized spacial score (nSPS) is 10.0. The first-order valence-electron chi connectivity index (χ1n) is 5.68. The molecule has 0 aliphatic rings. The highest BCUT2D eigenvalue weighted by atomic mass is 15.1. The Labute approximate surface area is 102 Å². The molecule has 0 spiro atoms. The van der Waals surface area contributed by atoms with Crippen LogP contribution in [0.1, 0.15) is 5.69 Å². The second-order valence-corrected chi connectivity index (χ2v) is 3.97. The first kappa shape index (κ1) is 11.5. The lowest BCUT2D eigenvalue weighted by Crippen LogP contribution is -2.16. The summed E-state index contributed by atoms with van der Waals surface area (Å²) in [7, 11) is 4.00. The summed E-state index contributed by atoms with van der Waals surface area (Å²) in [6.45, 7) is 0.819. The van der Waals surface area contributed by atoms with E-state index >= 15 is 0 Å². The van der Waals surface area contributed by atoms with Crippen molar-refractivity contribution in [2.24, 2.45) is 0 Å². The van der Waals surface area contributed by atoms with Gasteiger partial charge < -0.3 is 10.2 Å². The van der Waals surface area contributed by atoms with E-state index in [-0.39, 0.29) is 0 Å². The van der Waals surface area contributed by atoms with Crippen molar-refractivity contribution in [3.8, 4) is 0 Å². The molecule has 0 radical (unpaired) electrons. The van der Waals surface area contributed by atoms with Crippen molar-refractivity contribution < 1.29 is 0 Å². The van der Waals surface area contributed by atoms with Crippen LogP contribution in [0.25, 0.3) is 0 Å². The Morgan fingerprint density at radius 1 is 1.12 bits per heavy atom. The molecule has 1 heterocycles. The molecule has 0 fully saturated rings. The molecule has 1 aromatic heterocycles. The van der Waals surface area contributed by atoms with Crippen LogP contribution in [0.2, 0.25) is 0 Å². The molecule has 0 saturated heterocycles. The number of nitrogens with one attached hydrogen (secondary N) is 1. The molecule has 17 heavy (non-hydrogen) atoms. The van der Waals surface area contributed by atoms with Crippen molar-refractivity contribution in [3.63, 3.8) is 0 Å². The van der Waals surface area contributed by atoms with Crippen molar-refractivity contribution in [2.75, 3.05) is 24.3 Å². The average molecular weight is 227 g/mol. The summed E-state index contributed by atoms with van der Waals surface area (Å²) in [5.74, 6) is 0. The second-order valence-electron chi connectivity index (χ2n) is 3.97. The van der Waals surface area contributed by atoms with Gasteiger partial charge in [-0.05, 0) is 36.4 Å². The zero-order valence-corrected chi connectivity index (χ0v) is 10.2. The number of rotatable bonds is 4. The van der Waals surface area contributed by atoms with Gasteiger partial charge in [-0.15, -0.1) is 0 Å². The number of nitrogens with zero attached hydrogens (tertiary/aromatic N) is 2. The highest BCUT2D eigenvalue weighted by Gasteiger charge is 2.02. The molecular weight excluding hydrogens is 210 g/mol. The van der Waals surface area contributed by atoms with E-state index in [1.807, 2.05) is 31.4 Å². The molecule has 0 amide bonds. The van der Waals surface area contributed by atoms with E-state index in [0.717, 1.165) is 17.9 Å². The third-order valence-electron chi connectivity index (χ3n) is 2.72. The van der Waals surface area contributed by atoms with Gasteiger partial charge in [0, 0.05) is 31.7 Å². The van der Waals surface area contributed by atoms with Gasteiger partial charge in [-0.25, -0.2) is 0 Å². The van der Waals surface area contributed by atoms with Crippen molar-refractivity contribution in [1.29, 1.82) is 0 Å². The summed E-state index contributed by atoms with van der Waals surface area (Å²) >= 11 is 0. The fourth-order valence-electron chi connectivity index (χ4n) is 1.71. The second kappa shape index (κ2) is 5.34. The van der Waals surface area contributed by atoms with Crippen molar-refractivity contribution in [1.82, 2.24) is 4.98 Å². The van der Waals surface area contributed by atoms with Gasteiger partial charge in [0.1, 0.15) is 0 Å². The van der Waals surface area contributed by atoms with Crippen LogP contribution in [0.4, 0.5) is 11.4 Å². The van der Waals surface area contributed by atoms with Crippen LogP contribution in [0.15, 0.2) is 48.7 Å². The van der Waals surface area contributed by atoms with Crippen molar-refractivity contribution in [3.05, 3.63) is 54.4 Å². The van der Waals surface area contributed by atoms with Gasteiger partial charge in [0.25, 0.3) is 0 Å². The zero-order chi connectivity index (χ0) is 12.1. The van der Waals surface area contributed by atoms with E-state index in [1.165, 1.54) is 5.69 Å². The summed E-state index contributed by atoms with van der Waals surface area (Å²) in [6.07, 6.45) is 1.83. The summed E-state index contributed by atoms with van der Waals surface area (Å²) in [5.41, 5.74) is 3.39. The zero-order valence-electron chi connectivity index (χ0n) is 10.2. The van der Waals surface area contributed by atoms with Crippen LogP contribution in [-0.4, -0.2) is 19.1 Å². The van der Waals surface area contributed by atoms with Crippen LogP contribution >= 0.6 is 0 Å². The van der Waals surface area contributed by atoms with Gasteiger partial charge in [0.2, 0.25) is 0 Å². The highest BCUT2D eigenvalue weighted by molar-refractivity contribution is 5.54. The largest absolute Gasteiger partial charge is 0.388 e. The molecule has 2 rings (SSSR count). The molecule has 0 bridgehead atoms. The maximum atomic E-state index is 4.32. The molecule has 0 unspecified atom stereocenters. The lowest BCUT2D eigenvalue weighted by Gasteiger charge is -2.19. The standard InChI is InChI=1S/C14H17N3/c1-15-12-6-8-14(9-7-12)17(2)11-13-5-3-4-10-16-13/h3-10,15H,11H2,1-2H3. The van der Waals surface area contributed by atoms with Gasteiger partial charge in [0.15, 0.2) is 0 Å². The van der Waals surface area contributed by atoms with Crippen molar-refractivity contribution in [2.45, 2.75) is 6.54 Å². The van der Waals surface area contributed by atoms with E-state index in [2.05, 4.69) is 46.5 Å². The van der Waals surface area contributed by atoms with Gasteiger partial charge in [0.05, 0.1) is 12.2 Å². The molecule has 0 aliphatic carbocycles. The maximum Gasteiger partial charge on any atom is 0.0598 e. The molecule has 3 heteroatoms. The summed E-state index contributed by atoms with van der Waals surface area (Å²) in [6, 6.07) is 14.3. The minimum absolute atomic E-state index is 0.819. The van der Waals surface area contributed by atoms with Crippen LogP contribution in [0, 0.1) is 0 Å². The van der Waals surface area contributed by atoms with E-state index in [9.17, 15) is 0 Å². The average Bonchev–Trinajstić information content (AvgIpc) is 2.40. The fraction of sp³-hybridized carbons (Fsp3) is 0.214. The summed E-state index contributed by atoms with van der Waals surface area (Å²) in [4.78, 5) is 6.51. The van der Waals surface area contributed by atoms with E-state index in [0.29, 0.717) is 0 Å². The number of hydrogen-bond acceptors (Lipinski definition) is 3. The third kappa shape index (κ3) is 2.97.